The highest BCUT2D eigenvalue weighted by molar-refractivity contribution is 6.00. The van der Waals surface area contributed by atoms with Crippen molar-refractivity contribution in [3.05, 3.63) is 34.9 Å². The second-order valence-corrected chi connectivity index (χ2v) is 6.32. The molecule has 0 saturated carbocycles. The van der Waals surface area contributed by atoms with Crippen LogP contribution in [0.3, 0.4) is 0 Å². The van der Waals surface area contributed by atoms with Gasteiger partial charge in [0.1, 0.15) is 0 Å². The van der Waals surface area contributed by atoms with Crippen molar-refractivity contribution in [1.29, 1.82) is 0 Å². The van der Waals surface area contributed by atoms with Crippen molar-refractivity contribution >= 4 is 17.7 Å². The maximum Gasteiger partial charge on any atom is 0.311 e. The number of aryl methyl sites for hydroxylation is 2. The van der Waals surface area contributed by atoms with E-state index in [1.807, 2.05) is 18.2 Å². The lowest BCUT2D eigenvalue weighted by Gasteiger charge is -2.22. The van der Waals surface area contributed by atoms with E-state index in [0.717, 1.165) is 19.3 Å². The number of carbonyl (C=O) groups excluding carboxylic acids is 3. The summed E-state index contributed by atoms with van der Waals surface area (Å²) in [6, 6.07) is 5.74. The van der Waals surface area contributed by atoms with Crippen molar-refractivity contribution in [3.8, 4) is 0 Å². The van der Waals surface area contributed by atoms with Crippen LogP contribution < -0.4 is 5.32 Å². The predicted molar refractivity (Wildman–Crippen MR) is 84.1 cm³/mol. The molecule has 1 aromatic carbocycles. The molecule has 23 heavy (non-hydrogen) atoms. The Balaban J connectivity index is 1.61. The molecule has 1 fully saturated rings. The highest BCUT2D eigenvalue weighted by Gasteiger charge is 2.29. The molecule has 5 nitrogen and oxygen atoms in total. The van der Waals surface area contributed by atoms with E-state index in [1.54, 1.807) is 6.92 Å². The molecule has 1 amide bonds. The first-order valence-corrected chi connectivity index (χ1v) is 8.18. The van der Waals surface area contributed by atoms with Crippen molar-refractivity contribution in [2.45, 2.75) is 45.1 Å². The molecule has 1 aromatic rings. The molecule has 5 heteroatoms. The number of amides is 1. The van der Waals surface area contributed by atoms with Gasteiger partial charge in [-0.2, -0.15) is 0 Å². The van der Waals surface area contributed by atoms with Gasteiger partial charge >= 0.3 is 5.97 Å². The van der Waals surface area contributed by atoms with Crippen molar-refractivity contribution < 1.29 is 19.1 Å². The van der Waals surface area contributed by atoms with E-state index in [4.69, 9.17) is 4.74 Å². The molecule has 1 heterocycles. The normalized spacial score (nSPS) is 21.3. The molecular weight excluding hydrogens is 294 g/mol. The maximum atomic E-state index is 12.5. The zero-order valence-electron chi connectivity index (χ0n) is 13.3. The fourth-order valence-electron chi connectivity index (χ4n) is 3.22. The smallest absolute Gasteiger partial charge is 0.311 e. The molecule has 122 valence electrons. The molecule has 0 spiro atoms. The summed E-state index contributed by atoms with van der Waals surface area (Å²) < 4.78 is 5.32. The maximum absolute atomic E-state index is 12.5. The van der Waals surface area contributed by atoms with Crippen LogP contribution >= 0.6 is 0 Å². The zero-order valence-corrected chi connectivity index (χ0v) is 13.3. The summed E-state index contributed by atoms with van der Waals surface area (Å²) in [4.78, 5) is 35.7. The Kier molecular flexibility index (Phi) is 4.46. The summed E-state index contributed by atoms with van der Waals surface area (Å²) in [6.07, 6.45) is 3.20. The Labute approximate surface area is 135 Å². The number of ether oxygens (including phenoxy) is 1. The van der Waals surface area contributed by atoms with Crippen molar-refractivity contribution in [3.63, 3.8) is 0 Å². The molecule has 0 bridgehead atoms. The first-order chi connectivity index (χ1) is 11.0. The minimum atomic E-state index is -0.806. The lowest BCUT2D eigenvalue weighted by molar-refractivity contribution is -0.152. The van der Waals surface area contributed by atoms with E-state index in [-0.39, 0.29) is 24.2 Å². The second-order valence-electron chi connectivity index (χ2n) is 6.32. The molecule has 1 N–H and O–H groups in total. The standard InChI is InChI=1S/C18H21NO4/c1-11(23-18(22)15-7-8-16(20)19-10-15)17(21)14-6-5-12-3-2-4-13(12)9-14/h5-6,9,11,15H,2-4,7-8,10H2,1H3,(H,19,20)/t11-,15+/m0/s1. The zero-order chi connectivity index (χ0) is 16.4. The number of rotatable bonds is 4. The van der Waals surface area contributed by atoms with Gasteiger partial charge in [-0.15, -0.1) is 0 Å². The SMILES string of the molecule is C[C@H](OC(=O)[C@@H]1CCC(=O)NC1)C(=O)c1ccc2c(c1)CCC2. The molecule has 1 saturated heterocycles. The molecule has 0 unspecified atom stereocenters. The third-order valence-corrected chi connectivity index (χ3v) is 4.64. The topological polar surface area (TPSA) is 72.5 Å². The number of fused-ring (bicyclic) bond motifs is 1. The summed E-state index contributed by atoms with van der Waals surface area (Å²) in [5.41, 5.74) is 3.14. The number of nitrogens with one attached hydrogen (secondary N) is 1. The van der Waals surface area contributed by atoms with Crippen LogP contribution in [0.4, 0.5) is 0 Å². The van der Waals surface area contributed by atoms with Gasteiger partial charge in [-0.05, 0) is 49.8 Å². The minimum Gasteiger partial charge on any atom is -0.454 e. The van der Waals surface area contributed by atoms with E-state index in [2.05, 4.69) is 5.32 Å². The summed E-state index contributed by atoms with van der Waals surface area (Å²) in [5.74, 6) is -0.987. The van der Waals surface area contributed by atoms with Crippen LogP contribution in [0.15, 0.2) is 18.2 Å². The Morgan fingerprint density at radius 1 is 1.22 bits per heavy atom. The van der Waals surface area contributed by atoms with Gasteiger partial charge in [-0.25, -0.2) is 0 Å². The first-order valence-electron chi connectivity index (χ1n) is 8.18. The Bertz CT molecular complexity index is 642. The summed E-state index contributed by atoms with van der Waals surface area (Å²) in [7, 11) is 0. The van der Waals surface area contributed by atoms with Gasteiger partial charge in [0.15, 0.2) is 6.10 Å². The van der Waals surface area contributed by atoms with Crippen LogP contribution in [0.5, 0.6) is 0 Å². The number of ketones is 1. The van der Waals surface area contributed by atoms with Crippen molar-refractivity contribution in [2.24, 2.45) is 5.92 Å². The monoisotopic (exact) mass is 315 g/mol. The van der Waals surface area contributed by atoms with Gasteiger partial charge in [-0.3, -0.25) is 14.4 Å². The van der Waals surface area contributed by atoms with E-state index < -0.39 is 12.1 Å². The van der Waals surface area contributed by atoms with Gasteiger partial charge in [0.25, 0.3) is 0 Å². The highest BCUT2D eigenvalue weighted by atomic mass is 16.5. The van der Waals surface area contributed by atoms with Crippen LogP contribution in [0, 0.1) is 5.92 Å². The molecule has 0 radical (unpaired) electrons. The number of piperidine rings is 1. The Morgan fingerprint density at radius 3 is 2.74 bits per heavy atom. The molecule has 2 atom stereocenters. The molecule has 3 rings (SSSR count). The van der Waals surface area contributed by atoms with Crippen molar-refractivity contribution in [1.82, 2.24) is 5.32 Å². The number of benzene rings is 1. The van der Waals surface area contributed by atoms with Gasteiger partial charge < -0.3 is 10.1 Å². The third-order valence-electron chi connectivity index (χ3n) is 4.64. The molecule has 1 aliphatic carbocycles. The van der Waals surface area contributed by atoms with E-state index in [9.17, 15) is 14.4 Å². The minimum absolute atomic E-state index is 0.0451. The molecule has 0 aromatic heterocycles. The second kappa shape index (κ2) is 6.52. The quantitative estimate of drug-likeness (QED) is 0.679. The Morgan fingerprint density at radius 2 is 2.00 bits per heavy atom. The highest BCUT2D eigenvalue weighted by Crippen LogP contribution is 2.24. The summed E-state index contributed by atoms with van der Waals surface area (Å²) >= 11 is 0. The van der Waals surface area contributed by atoms with Gasteiger partial charge in [0.2, 0.25) is 11.7 Å². The van der Waals surface area contributed by atoms with Gasteiger partial charge in [-0.1, -0.05) is 12.1 Å². The van der Waals surface area contributed by atoms with Crippen LogP contribution in [0.2, 0.25) is 0 Å². The van der Waals surface area contributed by atoms with Crippen molar-refractivity contribution in [2.75, 3.05) is 6.54 Å². The van der Waals surface area contributed by atoms with Gasteiger partial charge in [0.05, 0.1) is 5.92 Å². The number of hydrogen-bond acceptors (Lipinski definition) is 4. The summed E-state index contributed by atoms with van der Waals surface area (Å²) in [6.45, 7) is 1.90. The van der Waals surface area contributed by atoms with Crippen LogP contribution in [0.25, 0.3) is 0 Å². The summed E-state index contributed by atoms with van der Waals surface area (Å²) in [5, 5.41) is 2.65. The largest absolute Gasteiger partial charge is 0.454 e. The van der Waals surface area contributed by atoms with E-state index in [1.165, 1.54) is 11.1 Å². The molecule has 1 aliphatic heterocycles. The number of esters is 1. The number of hydrogen-bond donors (Lipinski definition) is 1. The fourth-order valence-corrected chi connectivity index (χ4v) is 3.22. The average Bonchev–Trinajstić information content (AvgIpc) is 3.02. The van der Waals surface area contributed by atoms with Crippen LogP contribution in [-0.2, 0) is 27.2 Å². The van der Waals surface area contributed by atoms with Crippen LogP contribution in [0.1, 0.15) is 47.7 Å². The van der Waals surface area contributed by atoms with Crippen LogP contribution in [-0.4, -0.2) is 30.3 Å². The van der Waals surface area contributed by atoms with Gasteiger partial charge in [0, 0.05) is 18.5 Å². The molecular formula is C18H21NO4. The van der Waals surface area contributed by atoms with E-state index in [0.29, 0.717) is 18.4 Å². The number of Topliss-reactive ketones (excluding diaryl/α,β-unsaturated/α-hetero) is 1. The lowest BCUT2D eigenvalue weighted by Crippen LogP contribution is -2.40. The predicted octanol–water partition coefficient (Wildman–Crippen LogP) is 1.82. The number of carbonyl (C=O) groups is 3. The third kappa shape index (κ3) is 3.44. The lowest BCUT2D eigenvalue weighted by atomic mass is 9.99. The average molecular weight is 315 g/mol. The Hall–Kier alpha value is -2.17. The fraction of sp³-hybridized carbons (Fsp3) is 0.500. The first kappa shape index (κ1) is 15.7. The van der Waals surface area contributed by atoms with E-state index >= 15 is 0 Å². The molecule has 2 aliphatic rings.